The molecule has 0 aliphatic carbocycles. The third-order valence-electron chi connectivity index (χ3n) is 2.40. The van der Waals surface area contributed by atoms with Crippen molar-refractivity contribution in [2.24, 2.45) is 5.73 Å². The smallest absolute Gasteiger partial charge is 0.231 e. The molecule has 1 aromatic rings. The second kappa shape index (κ2) is 5.87. The standard InChI is InChI=1S/C13H22N2O2/c1-13(2,3)15-12(16)10(6-4-8-14)11-7-5-9-17-11/h5,7,9-10H,4,6,8,14H2,1-3H3,(H,15,16). The van der Waals surface area contributed by atoms with Crippen molar-refractivity contribution < 1.29 is 9.21 Å². The van der Waals surface area contributed by atoms with Crippen molar-refractivity contribution in [1.82, 2.24) is 5.32 Å². The van der Waals surface area contributed by atoms with Crippen LogP contribution in [0.2, 0.25) is 0 Å². The van der Waals surface area contributed by atoms with E-state index in [0.29, 0.717) is 18.7 Å². The van der Waals surface area contributed by atoms with Crippen LogP contribution in [0.3, 0.4) is 0 Å². The molecule has 0 aliphatic heterocycles. The fourth-order valence-electron chi connectivity index (χ4n) is 1.67. The molecular weight excluding hydrogens is 216 g/mol. The number of amides is 1. The summed E-state index contributed by atoms with van der Waals surface area (Å²) in [7, 11) is 0. The maximum Gasteiger partial charge on any atom is 0.231 e. The summed E-state index contributed by atoms with van der Waals surface area (Å²) >= 11 is 0. The van der Waals surface area contributed by atoms with E-state index in [-0.39, 0.29) is 17.4 Å². The number of rotatable bonds is 5. The number of hydrogen-bond donors (Lipinski definition) is 2. The van der Waals surface area contributed by atoms with Crippen LogP contribution in [0.25, 0.3) is 0 Å². The summed E-state index contributed by atoms with van der Waals surface area (Å²) in [6, 6.07) is 3.64. The molecule has 4 heteroatoms. The first kappa shape index (κ1) is 13.8. The van der Waals surface area contributed by atoms with Gasteiger partial charge >= 0.3 is 0 Å². The first-order valence-electron chi connectivity index (χ1n) is 5.99. The number of nitrogens with two attached hydrogens (primary N) is 1. The van der Waals surface area contributed by atoms with Crippen LogP contribution in [0.1, 0.15) is 45.3 Å². The van der Waals surface area contributed by atoms with Gasteiger partial charge in [-0.05, 0) is 52.3 Å². The molecule has 0 aromatic carbocycles. The summed E-state index contributed by atoms with van der Waals surface area (Å²) in [4.78, 5) is 12.2. The van der Waals surface area contributed by atoms with Crippen molar-refractivity contribution in [2.45, 2.75) is 45.1 Å². The lowest BCUT2D eigenvalue weighted by Gasteiger charge is -2.24. The second-order valence-electron chi connectivity index (χ2n) is 5.24. The highest BCUT2D eigenvalue weighted by molar-refractivity contribution is 5.83. The molecular formula is C13H22N2O2. The maximum absolute atomic E-state index is 12.2. The van der Waals surface area contributed by atoms with Crippen molar-refractivity contribution in [3.05, 3.63) is 24.2 Å². The zero-order chi connectivity index (χ0) is 12.9. The molecule has 0 saturated carbocycles. The van der Waals surface area contributed by atoms with Crippen LogP contribution in [0, 0.1) is 0 Å². The van der Waals surface area contributed by atoms with Gasteiger partial charge in [0.05, 0.1) is 12.2 Å². The van der Waals surface area contributed by atoms with E-state index in [1.807, 2.05) is 26.8 Å². The van der Waals surface area contributed by atoms with Gasteiger partial charge in [-0.3, -0.25) is 4.79 Å². The average molecular weight is 238 g/mol. The zero-order valence-corrected chi connectivity index (χ0v) is 10.8. The minimum Gasteiger partial charge on any atom is -0.469 e. The monoisotopic (exact) mass is 238 g/mol. The van der Waals surface area contributed by atoms with E-state index in [2.05, 4.69) is 5.32 Å². The van der Waals surface area contributed by atoms with E-state index in [4.69, 9.17) is 10.2 Å². The van der Waals surface area contributed by atoms with Crippen LogP contribution in [0.15, 0.2) is 22.8 Å². The molecule has 1 aromatic heterocycles. The van der Waals surface area contributed by atoms with Crippen molar-refractivity contribution in [3.8, 4) is 0 Å². The van der Waals surface area contributed by atoms with Crippen molar-refractivity contribution in [3.63, 3.8) is 0 Å². The molecule has 0 spiro atoms. The van der Waals surface area contributed by atoms with E-state index in [1.165, 1.54) is 0 Å². The minimum atomic E-state index is -0.243. The molecule has 1 atom stereocenters. The van der Waals surface area contributed by atoms with Gasteiger partial charge < -0.3 is 15.5 Å². The normalized spacial score (nSPS) is 13.4. The van der Waals surface area contributed by atoms with E-state index in [1.54, 1.807) is 12.3 Å². The minimum absolute atomic E-state index is 0.000833. The Bertz CT molecular complexity index is 339. The first-order chi connectivity index (χ1) is 7.94. The van der Waals surface area contributed by atoms with Crippen LogP contribution in [0.4, 0.5) is 0 Å². The van der Waals surface area contributed by atoms with Crippen molar-refractivity contribution in [2.75, 3.05) is 6.54 Å². The van der Waals surface area contributed by atoms with E-state index in [0.717, 1.165) is 6.42 Å². The fraction of sp³-hybridized carbons (Fsp3) is 0.615. The first-order valence-corrected chi connectivity index (χ1v) is 5.99. The molecule has 17 heavy (non-hydrogen) atoms. The highest BCUT2D eigenvalue weighted by atomic mass is 16.3. The zero-order valence-electron chi connectivity index (χ0n) is 10.8. The second-order valence-corrected chi connectivity index (χ2v) is 5.24. The van der Waals surface area contributed by atoms with E-state index in [9.17, 15) is 4.79 Å². The molecule has 0 radical (unpaired) electrons. The van der Waals surface area contributed by atoms with Gasteiger partial charge in [0.2, 0.25) is 5.91 Å². The van der Waals surface area contributed by atoms with Gasteiger partial charge in [0.1, 0.15) is 5.76 Å². The molecule has 1 amide bonds. The Morgan fingerprint density at radius 1 is 1.53 bits per heavy atom. The topological polar surface area (TPSA) is 68.3 Å². The lowest BCUT2D eigenvalue weighted by atomic mass is 9.97. The number of carbonyl (C=O) groups is 1. The van der Waals surface area contributed by atoms with Crippen LogP contribution in [-0.4, -0.2) is 18.0 Å². The molecule has 3 N–H and O–H groups in total. The van der Waals surface area contributed by atoms with Crippen molar-refractivity contribution >= 4 is 5.91 Å². The van der Waals surface area contributed by atoms with Gasteiger partial charge in [-0.15, -0.1) is 0 Å². The molecule has 0 aliphatic rings. The summed E-state index contributed by atoms with van der Waals surface area (Å²) in [5.74, 6) is 0.467. The summed E-state index contributed by atoms with van der Waals surface area (Å²) < 4.78 is 5.33. The molecule has 0 bridgehead atoms. The molecule has 4 nitrogen and oxygen atoms in total. The molecule has 96 valence electrons. The van der Waals surface area contributed by atoms with Crippen LogP contribution >= 0.6 is 0 Å². The Morgan fingerprint density at radius 2 is 2.24 bits per heavy atom. The predicted molar refractivity (Wildman–Crippen MR) is 67.6 cm³/mol. The number of hydrogen-bond acceptors (Lipinski definition) is 3. The highest BCUT2D eigenvalue weighted by Gasteiger charge is 2.25. The fourth-order valence-corrected chi connectivity index (χ4v) is 1.67. The van der Waals surface area contributed by atoms with Gasteiger partial charge in [-0.2, -0.15) is 0 Å². The Kier molecular flexibility index (Phi) is 4.75. The predicted octanol–water partition coefficient (Wildman–Crippen LogP) is 2.02. The van der Waals surface area contributed by atoms with Gasteiger partial charge in [0.15, 0.2) is 0 Å². The van der Waals surface area contributed by atoms with Crippen LogP contribution in [-0.2, 0) is 4.79 Å². The molecule has 1 rings (SSSR count). The number of furan rings is 1. The van der Waals surface area contributed by atoms with Gasteiger partial charge in [0.25, 0.3) is 0 Å². The third kappa shape index (κ3) is 4.61. The van der Waals surface area contributed by atoms with Gasteiger partial charge in [-0.25, -0.2) is 0 Å². The molecule has 1 unspecified atom stereocenters. The summed E-state index contributed by atoms with van der Waals surface area (Å²) in [6.45, 7) is 6.48. The Hall–Kier alpha value is -1.29. The molecule has 0 fully saturated rings. The molecule has 1 heterocycles. The van der Waals surface area contributed by atoms with Crippen LogP contribution < -0.4 is 11.1 Å². The average Bonchev–Trinajstić information content (AvgIpc) is 2.68. The largest absolute Gasteiger partial charge is 0.469 e. The van der Waals surface area contributed by atoms with Crippen LogP contribution in [0.5, 0.6) is 0 Å². The van der Waals surface area contributed by atoms with Crippen molar-refractivity contribution in [1.29, 1.82) is 0 Å². The van der Waals surface area contributed by atoms with Gasteiger partial charge in [-0.1, -0.05) is 0 Å². The summed E-state index contributed by atoms with van der Waals surface area (Å²) in [6.07, 6.45) is 3.12. The van der Waals surface area contributed by atoms with Gasteiger partial charge in [0, 0.05) is 5.54 Å². The summed E-state index contributed by atoms with van der Waals surface area (Å²) in [5, 5.41) is 2.98. The number of carbonyl (C=O) groups excluding carboxylic acids is 1. The highest BCUT2D eigenvalue weighted by Crippen LogP contribution is 2.22. The summed E-state index contributed by atoms with van der Waals surface area (Å²) in [5.41, 5.74) is 5.26. The van der Waals surface area contributed by atoms with E-state index < -0.39 is 0 Å². The lowest BCUT2D eigenvalue weighted by Crippen LogP contribution is -2.43. The maximum atomic E-state index is 12.2. The third-order valence-corrected chi connectivity index (χ3v) is 2.40. The Morgan fingerprint density at radius 3 is 2.71 bits per heavy atom. The quantitative estimate of drug-likeness (QED) is 0.824. The van der Waals surface area contributed by atoms with E-state index >= 15 is 0 Å². The lowest BCUT2D eigenvalue weighted by molar-refractivity contribution is -0.124. The Balaban J connectivity index is 2.73. The molecule has 0 saturated heterocycles. The number of nitrogens with one attached hydrogen (secondary N) is 1. The SMILES string of the molecule is CC(C)(C)NC(=O)C(CCCN)c1ccco1. The Labute approximate surface area is 103 Å².